The van der Waals surface area contributed by atoms with Gasteiger partial charge in [-0.15, -0.1) is 0 Å². The van der Waals surface area contributed by atoms with Crippen molar-refractivity contribution in [3.8, 4) is 0 Å². The van der Waals surface area contributed by atoms with E-state index in [4.69, 9.17) is 17.2 Å². The van der Waals surface area contributed by atoms with Crippen molar-refractivity contribution in [2.45, 2.75) is 44.9 Å². The van der Waals surface area contributed by atoms with E-state index in [1.165, 1.54) is 0 Å². The number of nitrogens with one attached hydrogen (secondary N) is 1. The Morgan fingerprint density at radius 3 is 1.64 bits per heavy atom. The minimum absolute atomic E-state index is 0.0309. The molecule has 0 fully saturated rings. The second-order valence-electron chi connectivity index (χ2n) is 9.76. The quantitative estimate of drug-likeness (QED) is 0.228. The molecule has 0 aliphatic heterocycles. The van der Waals surface area contributed by atoms with Gasteiger partial charge in [0.1, 0.15) is 0 Å². The second kappa shape index (κ2) is 9.35. The first-order valence-corrected chi connectivity index (χ1v) is 11.0. The number of ketones is 1. The molecule has 0 aromatic heterocycles. The molecule has 0 saturated heterocycles. The molecule has 0 heterocycles. The van der Waals surface area contributed by atoms with Crippen LogP contribution < -0.4 is 22.5 Å². The molecule has 1 atom stereocenters. The number of anilines is 3. The van der Waals surface area contributed by atoms with Crippen molar-refractivity contribution in [2.24, 2.45) is 11.5 Å². The lowest BCUT2D eigenvalue weighted by Gasteiger charge is -2.44. The zero-order valence-electron chi connectivity index (χ0n) is 20.1. The number of benzene rings is 3. The van der Waals surface area contributed by atoms with Crippen LogP contribution in [0.3, 0.4) is 0 Å². The molecular formula is C27H35N5O. The fourth-order valence-electron chi connectivity index (χ4n) is 3.91. The van der Waals surface area contributed by atoms with Crippen LogP contribution in [0.1, 0.15) is 55.2 Å². The van der Waals surface area contributed by atoms with E-state index in [1.54, 1.807) is 0 Å². The van der Waals surface area contributed by atoms with E-state index in [0.29, 0.717) is 16.8 Å². The maximum absolute atomic E-state index is 13.0. The van der Waals surface area contributed by atoms with E-state index in [2.05, 4.69) is 10.2 Å². The molecule has 0 aliphatic rings. The standard InChI is InChI=1S/C27H35N5O/c1-26(2,29)25(32(5)27(3,4)30)20-8-6-18(7-9-20)24(33)19-10-14-22(15-11-19)31-23-16-12-21(28)13-17-23/h6-17,25,31H,28-30H2,1-5H3. The summed E-state index contributed by atoms with van der Waals surface area (Å²) in [6.45, 7) is 7.88. The highest BCUT2D eigenvalue weighted by Crippen LogP contribution is 2.32. The summed E-state index contributed by atoms with van der Waals surface area (Å²) in [4.78, 5) is 15.1. The monoisotopic (exact) mass is 445 g/mol. The summed E-state index contributed by atoms with van der Waals surface area (Å²) in [5.41, 5.74) is 22.3. The second-order valence-corrected chi connectivity index (χ2v) is 9.76. The number of nitrogens with two attached hydrogens (primary N) is 3. The molecule has 6 heteroatoms. The molecule has 7 N–H and O–H groups in total. The Morgan fingerprint density at radius 2 is 1.21 bits per heavy atom. The van der Waals surface area contributed by atoms with Crippen molar-refractivity contribution >= 4 is 22.8 Å². The van der Waals surface area contributed by atoms with Gasteiger partial charge >= 0.3 is 0 Å². The molecule has 0 amide bonds. The zero-order valence-corrected chi connectivity index (χ0v) is 20.1. The van der Waals surface area contributed by atoms with Crippen LogP contribution in [-0.2, 0) is 0 Å². The number of rotatable bonds is 8. The Labute approximate surface area is 196 Å². The summed E-state index contributed by atoms with van der Waals surface area (Å²) in [5.74, 6) is -0.0309. The van der Waals surface area contributed by atoms with Crippen molar-refractivity contribution in [3.05, 3.63) is 89.5 Å². The van der Waals surface area contributed by atoms with Crippen LogP contribution in [-0.4, -0.2) is 28.9 Å². The summed E-state index contributed by atoms with van der Waals surface area (Å²) >= 11 is 0. The number of nitrogen functional groups attached to an aromatic ring is 1. The Kier molecular flexibility index (Phi) is 6.93. The third kappa shape index (κ3) is 5.99. The maximum Gasteiger partial charge on any atom is 0.193 e. The van der Waals surface area contributed by atoms with Gasteiger partial charge in [0.05, 0.1) is 11.7 Å². The van der Waals surface area contributed by atoms with Crippen molar-refractivity contribution < 1.29 is 4.79 Å². The molecular weight excluding hydrogens is 410 g/mol. The average Bonchev–Trinajstić information content (AvgIpc) is 2.74. The van der Waals surface area contributed by atoms with Gasteiger partial charge in [0.25, 0.3) is 0 Å². The SMILES string of the molecule is CN(C(c1ccc(C(=O)c2ccc(Nc3ccc(N)cc3)cc2)cc1)C(C)(C)N)C(C)(C)N. The van der Waals surface area contributed by atoms with Crippen LogP contribution in [0.5, 0.6) is 0 Å². The lowest BCUT2D eigenvalue weighted by Crippen LogP contribution is -2.57. The predicted octanol–water partition coefficient (Wildman–Crippen LogP) is 4.65. The minimum atomic E-state index is -0.544. The van der Waals surface area contributed by atoms with Crippen molar-refractivity contribution in [2.75, 3.05) is 18.1 Å². The van der Waals surface area contributed by atoms with Gasteiger partial charge in [-0.25, -0.2) is 0 Å². The highest BCUT2D eigenvalue weighted by Gasteiger charge is 2.35. The fraction of sp³-hybridized carbons (Fsp3) is 0.296. The molecule has 174 valence electrons. The van der Waals surface area contributed by atoms with Gasteiger partial charge < -0.3 is 22.5 Å². The smallest absolute Gasteiger partial charge is 0.193 e. The molecule has 6 nitrogen and oxygen atoms in total. The summed E-state index contributed by atoms with van der Waals surface area (Å²) in [6, 6.07) is 22.5. The first-order valence-electron chi connectivity index (χ1n) is 11.0. The zero-order chi connectivity index (χ0) is 24.4. The van der Waals surface area contributed by atoms with E-state index in [0.717, 1.165) is 16.9 Å². The summed E-state index contributed by atoms with van der Waals surface area (Å²) in [5, 5.41) is 3.30. The lowest BCUT2D eigenvalue weighted by atomic mass is 9.86. The Morgan fingerprint density at radius 1 is 0.788 bits per heavy atom. The molecule has 3 aromatic rings. The molecule has 33 heavy (non-hydrogen) atoms. The predicted molar refractivity (Wildman–Crippen MR) is 137 cm³/mol. The Bertz CT molecular complexity index is 1080. The van der Waals surface area contributed by atoms with Crippen LogP contribution in [0.15, 0.2) is 72.8 Å². The van der Waals surface area contributed by atoms with Gasteiger partial charge in [-0.3, -0.25) is 9.69 Å². The Balaban J connectivity index is 1.77. The number of likely N-dealkylation sites (N-methyl/N-ethyl adjacent to an activating group) is 1. The molecule has 0 aliphatic carbocycles. The average molecular weight is 446 g/mol. The van der Waals surface area contributed by atoms with Gasteiger partial charge in [-0.2, -0.15) is 0 Å². The first kappa shape index (κ1) is 24.5. The Hall–Kier alpha value is -3.19. The van der Waals surface area contributed by atoms with Crippen molar-refractivity contribution in [3.63, 3.8) is 0 Å². The van der Waals surface area contributed by atoms with Crippen LogP contribution in [0.4, 0.5) is 17.1 Å². The third-order valence-electron chi connectivity index (χ3n) is 5.84. The van der Waals surface area contributed by atoms with Crippen molar-refractivity contribution in [1.29, 1.82) is 0 Å². The third-order valence-corrected chi connectivity index (χ3v) is 5.84. The van der Waals surface area contributed by atoms with Crippen LogP contribution in [0, 0.1) is 0 Å². The minimum Gasteiger partial charge on any atom is -0.399 e. The van der Waals surface area contributed by atoms with Crippen molar-refractivity contribution in [1.82, 2.24) is 4.90 Å². The fourth-order valence-corrected chi connectivity index (χ4v) is 3.91. The molecule has 0 spiro atoms. The van der Waals surface area contributed by atoms with E-state index in [-0.39, 0.29) is 11.8 Å². The number of carbonyl (C=O) groups excluding carboxylic acids is 1. The molecule has 3 rings (SSSR count). The number of hydrogen-bond donors (Lipinski definition) is 4. The largest absolute Gasteiger partial charge is 0.399 e. The lowest BCUT2D eigenvalue weighted by molar-refractivity contribution is 0.0664. The number of carbonyl (C=O) groups is 1. The highest BCUT2D eigenvalue weighted by atomic mass is 16.1. The molecule has 0 saturated carbocycles. The maximum atomic E-state index is 13.0. The van der Waals surface area contributed by atoms with Crippen LogP contribution >= 0.6 is 0 Å². The van der Waals surface area contributed by atoms with E-state index in [1.807, 2.05) is 108 Å². The van der Waals surface area contributed by atoms with Crippen LogP contribution in [0.2, 0.25) is 0 Å². The first-order chi connectivity index (χ1) is 15.4. The summed E-state index contributed by atoms with van der Waals surface area (Å²) < 4.78 is 0. The topological polar surface area (TPSA) is 110 Å². The molecule has 3 aromatic carbocycles. The summed E-state index contributed by atoms with van der Waals surface area (Å²) in [7, 11) is 1.97. The van der Waals surface area contributed by atoms with E-state index < -0.39 is 11.2 Å². The molecule has 1 unspecified atom stereocenters. The van der Waals surface area contributed by atoms with Gasteiger partial charge in [0, 0.05) is 33.7 Å². The molecule has 0 bridgehead atoms. The number of hydrogen-bond acceptors (Lipinski definition) is 6. The van der Waals surface area contributed by atoms with Gasteiger partial charge in [0.15, 0.2) is 5.78 Å². The van der Waals surface area contributed by atoms with Gasteiger partial charge in [-0.05, 0) is 88.8 Å². The van der Waals surface area contributed by atoms with Crippen LogP contribution in [0.25, 0.3) is 0 Å². The highest BCUT2D eigenvalue weighted by molar-refractivity contribution is 6.09. The van der Waals surface area contributed by atoms with Gasteiger partial charge in [-0.1, -0.05) is 24.3 Å². The van der Waals surface area contributed by atoms with E-state index >= 15 is 0 Å². The van der Waals surface area contributed by atoms with E-state index in [9.17, 15) is 4.79 Å². The summed E-state index contributed by atoms with van der Waals surface area (Å²) in [6.07, 6.45) is 0. The normalized spacial score (nSPS) is 13.1. The number of nitrogens with zero attached hydrogens (tertiary/aromatic N) is 1. The molecule has 0 radical (unpaired) electrons. The van der Waals surface area contributed by atoms with Gasteiger partial charge in [0.2, 0.25) is 0 Å².